The number of ether oxygens (including phenoxy) is 1. The predicted molar refractivity (Wildman–Crippen MR) is 100 cm³/mol. The zero-order chi connectivity index (χ0) is 16.9. The third-order valence-electron chi connectivity index (χ3n) is 3.22. The highest BCUT2D eigenvalue weighted by atomic mass is 79.9. The van der Waals surface area contributed by atoms with E-state index in [0.29, 0.717) is 0 Å². The summed E-state index contributed by atoms with van der Waals surface area (Å²) in [5.74, 6) is 0.765. The van der Waals surface area contributed by atoms with E-state index >= 15 is 0 Å². The maximum atomic E-state index is 5.38. The van der Waals surface area contributed by atoms with E-state index in [-0.39, 0.29) is 0 Å². The van der Waals surface area contributed by atoms with Gasteiger partial charge in [0.1, 0.15) is 5.75 Å². The first-order chi connectivity index (χ1) is 11.7. The number of hydrogen-bond donors (Lipinski definition) is 0. The zero-order valence-electron chi connectivity index (χ0n) is 13.2. The number of methoxy groups -OCH3 is 1. The van der Waals surface area contributed by atoms with Crippen LogP contribution in [-0.2, 0) is 0 Å². The summed E-state index contributed by atoms with van der Waals surface area (Å²) >= 11 is 5.00. The minimum absolute atomic E-state index is 0.765. The Morgan fingerprint density at radius 1 is 1.33 bits per heavy atom. The van der Waals surface area contributed by atoms with Crippen LogP contribution < -0.4 is 9.54 Å². The third kappa shape index (κ3) is 3.80. The largest absolute Gasteiger partial charge is 0.496 e. The molecule has 0 unspecified atom stereocenters. The zero-order valence-corrected chi connectivity index (χ0v) is 15.6. The molecule has 0 aliphatic heterocycles. The van der Waals surface area contributed by atoms with E-state index in [9.17, 15) is 0 Å². The maximum absolute atomic E-state index is 5.38. The van der Waals surface area contributed by atoms with Crippen LogP contribution in [-0.4, -0.2) is 23.0 Å². The van der Waals surface area contributed by atoms with Crippen molar-refractivity contribution >= 4 is 39.2 Å². The standard InChI is InChI=1S/C17H15BrN4OS/c1-12-11-24-17(21-15-4-3-7-19-10-15)22(12)20-9-13-8-14(18)5-6-16(13)23-2/h3-11H,1-2H3. The molecule has 122 valence electrons. The van der Waals surface area contributed by atoms with Crippen LogP contribution in [0, 0.1) is 6.92 Å². The Kier molecular flexibility index (Phi) is 5.22. The van der Waals surface area contributed by atoms with Crippen LogP contribution in [0.1, 0.15) is 11.3 Å². The molecule has 7 heteroatoms. The smallest absolute Gasteiger partial charge is 0.211 e. The van der Waals surface area contributed by atoms with Gasteiger partial charge in [-0.15, -0.1) is 11.3 Å². The second-order valence-corrected chi connectivity index (χ2v) is 6.68. The molecule has 3 aromatic rings. The number of nitrogens with zero attached hydrogens (tertiary/aromatic N) is 4. The first-order valence-corrected chi connectivity index (χ1v) is 8.84. The first kappa shape index (κ1) is 16.6. The van der Waals surface area contributed by atoms with Crippen LogP contribution in [0.5, 0.6) is 5.75 Å². The van der Waals surface area contributed by atoms with Crippen molar-refractivity contribution in [2.75, 3.05) is 7.11 Å². The van der Waals surface area contributed by atoms with E-state index in [2.05, 4.69) is 31.0 Å². The maximum Gasteiger partial charge on any atom is 0.211 e. The van der Waals surface area contributed by atoms with Crippen molar-refractivity contribution in [1.29, 1.82) is 0 Å². The highest BCUT2D eigenvalue weighted by Gasteiger charge is 2.03. The van der Waals surface area contributed by atoms with Crippen LogP contribution in [0.4, 0.5) is 5.69 Å². The second-order valence-electron chi connectivity index (χ2n) is 4.93. The van der Waals surface area contributed by atoms with Gasteiger partial charge in [0.05, 0.1) is 30.9 Å². The molecule has 0 aliphatic carbocycles. The van der Waals surface area contributed by atoms with Crippen molar-refractivity contribution in [2.45, 2.75) is 6.92 Å². The average molecular weight is 403 g/mol. The van der Waals surface area contributed by atoms with Crippen molar-refractivity contribution in [3.05, 3.63) is 68.6 Å². The Morgan fingerprint density at radius 2 is 2.21 bits per heavy atom. The van der Waals surface area contributed by atoms with E-state index in [4.69, 9.17) is 4.74 Å². The minimum atomic E-state index is 0.765. The van der Waals surface area contributed by atoms with Gasteiger partial charge in [0.15, 0.2) is 0 Å². The van der Waals surface area contributed by atoms with Crippen LogP contribution in [0.3, 0.4) is 0 Å². The van der Waals surface area contributed by atoms with Crippen molar-refractivity contribution < 1.29 is 4.74 Å². The highest BCUT2D eigenvalue weighted by Crippen LogP contribution is 2.21. The Bertz CT molecular complexity index is 931. The van der Waals surface area contributed by atoms with Gasteiger partial charge in [-0.05, 0) is 37.3 Å². The molecule has 0 aliphatic rings. The van der Waals surface area contributed by atoms with Gasteiger partial charge < -0.3 is 4.74 Å². The molecule has 2 heterocycles. The van der Waals surface area contributed by atoms with Crippen LogP contribution in [0.25, 0.3) is 0 Å². The molecule has 0 bridgehead atoms. The quantitative estimate of drug-likeness (QED) is 0.615. The topological polar surface area (TPSA) is 51.8 Å². The molecule has 0 saturated heterocycles. The average Bonchev–Trinajstić information content (AvgIpc) is 2.94. The molecule has 24 heavy (non-hydrogen) atoms. The summed E-state index contributed by atoms with van der Waals surface area (Å²) < 4.78 is 8.15. The van der Waals surface area contributed by atoms with Gasteiger partial charge in [-0.3, -0.25) is 4.98 Å². The molecule has 2 aromatic heterocycles. The van der Waals surface area contributed by atoms with Gasteiger partial charge in [0.25, 0.3) is 0 Å². The van der Waals surface area contributed by atoms with E-state index in [1.54, 1.807) is 30.4 Å². The van der Waals surface area contributed by atoms with Crippen molar-refractivity contribution in [3.63, 3.8) is 0 Å². The van der Waals surface area contributed by atoms with Crippen LogP contribution in [0.2, 0.25) is 0 Å². The minimum Gasteiger partial charge on any atom is -0.496 e. The van der Waals surface area contributed by atoms with E-state index in [1.165, 1.54) is 11.3 Å². The van der Waals surface area contributed by atoms with Gasteiger partial charge in [-0.25, -0.2) is 9.67 Å². The lowest BCUT2D eigenvalue weighted by molar-refractivity contribution is 0.414. The summed E-state index contributed by atoms with van der Waals surface area (Å²) in [7, 11) is 1.65. The lowest BCUT2D eigenvalue weighted by atomic mass is 10.2. The number of pyridine rings is 1. The molecule has 3 rings (SSSR count). The number of benzene rings is 1. The van der Waals surface area contributed by atoms with Crippen molar-refractivity contribution in [2.24, 2.45) is 10.1 Å². The van der Waals surface area contributed by atoms with Crippen LogP contribution in [0.15, 0.2) is 62.7 Å². The van der Waals surface area contributed by atoms with E-state index < -0.39 is 0 Å². The number of aromatic nitrogens is 2. The lowest BCUT2D eigenvalue weighted by Crippen LogP contribution is -2.11. The number of halogens is 1. The molecule has 0 amide bonds. The molecule has 0 spiro atoms. The van der Waals surface area contributed by atoms with Gasteiger partial charge in [-0.1, -0.05) is 15.9 Å². The first-order valence-electron chi connectivity index (χ1n) is 7.17. The van der Waals surface area contributed by atoms with Gasteiger partial charge in [0.2, 0.25) is 4.80 Å². The number of thiazole rings is 1. The molecule has 0 radical (unpaired) electrons. The summed E-state index contributed by atoms with van der Waals surface area (Å²) in [6.07, 6.45) is 5.22. The van der Waals surface area contributed by atoms with Gasteiger partial charge >= 0.3 is 0 Å². The number of hydrogen-bond acceptors (Lipinski definition) is 5. The second kappa shape index (κ2) is 7.55. The third-order valence-corrected chi connectivity index (χ3v) is 4.65. The summed E-state index contributed by atoms with van der Waals surface area (Å²) in [5.41, 5.74) is 2.69. The van der Waals surface area contributed by atoms with E-state index in [0.717, 1.165) is 32.0 Å². The fraction of sp³-hybridized carbons (Fsp3) is 0.118. The van der Waals surface area contributed by atoms with E-state index in [1.807, 2.05) is 42.6 Å². The van der Waals surface area contributed by atoms with Crippen molar-refractivity contribution in [3.8, 4) is 5.75 Å². The number of rotatable bonds is 4. The normalized spacial score (nSPS) is 12.0. The molecule has 1 aromatic carbocycles. The Labute approximate surface area is 152 Å². The Balaban J connectivity index is 2.01. The fourth-order valence-electron chi connectivity index (χ4n) is 2.06. The van der Waals surface area contributed by atoms with Gasteiger partial charge in [-0.2, -0.15) is 5.10 Å². The summed E-state index contributed by atoms with van der Waals surface area (Å²) in [6, 6.07) is 9.56. The van der Waals surface area contributed by atoms with Gasteiger partial charge in [0, 0.05) is 21.6 Å². The molecule has 0 N–H and O–H groups in total. The van der Waals surface area contributed by atoms with Crippen LogP contribution >= 0.6 is 27.3 Å². The highest BCUT2D eigenvalue weighted by molar-refractivity contribution is 9.10. The SMILES string of the molecule is COc1ccc(Br)cc1C=Nn1c(C)csc1=Nc1cccnc1. The summed E-state index contributed by atoms with van der Waals surface area (Å²) in [6.45, 7) is 1.99. The molecule has 0 atom stereocenters. The molecular formula is C17H15BrN4OS. The Morgan fingerprint density at radius 3 is 2.96 bits per heavy atom. The summed E-state index contributed by atoms with van der Waals surface area (Å²) in [5, 5.41) is 6.59. The fourth-order valence-corrected chi connectivity index (χ4v) is 3.26. The van der Waals surface area contributed by atoms with Crippen molar-refractivity contribution in [1.82, 2.24) is 9.66 Å². The monoisotopic (exact) mass is 402 g/mol. The molecule has 0 fully saturated rings. The lowest BCUT2D eigenvalue weighted by Gasteiger charge is -2.05. The number of aryl methyl sites for hydroxylation is 1. The predicted octanol–water partition coefficient (Wildman–Crippen LogP) is 4.14. The summed E-state index contributed by atoms with van der Waals surface area (Å²) in [4.78, 5) is 9.47. The molecule has 5 nitrogen and oxygen atoms in total. The molecular weight excluding hydrogens is 388 g/mol. The molecule has 0 saturated carbocycles. The Hall–Kier alpha value is -2.25.